The van der Waals surface area contributed by atoms with E-state index in [-0.39, 0.29) is 5.91 Å². The van der Waals surface area contributed by atoms with Crippen LogP contribution in [0, 0.1) is 5.92 Å². The van der Waals surface area contributed by atoms with Crippen molar-refractivity contribution in [2.45, 2.75) is 32.1 Å². The molecule has 5 heteroatoms. The molecule has 0 unspecified atom stereocenters. The zero-order valence-corrected chi connectivity index (χ0v) is 13.9. The fourth-order valence-corrected chi connectivity index (χ4v) is 2.93. The van der Waals surface area contributed by atoms with E-state index in [0.717, 1.165) is 51.1 Å². The van der Waals surface area contributed by atoms with E-state index in [4.69, 9.17) is 9.26 Å². The molecule has 1 aromatic heterocycles. The van der Waals surface area contributed by atoms with Gasteiger partial charge in [0.05, 0.1) is 0 Å². The standard InChI is InChI=1S/C19H24N2O3/c22-19(20-14-16-9-11-23-12-10-16)18-13-17(24-21-18)8-4-7-15-5-2-1-3-6-15/h1-3,5-6,13,16H,4,7-12,14H2,(H,20,22). The van der Waals surface area contributed by atoms with Gasteiger partial charge in [0.2, 0.25) is 0 Å². The zero-order chi connectivity index (χ0) is 16.6. The first-order valence-corrected chi connectivity index (χ1v) is 8.67. The monoisotopic (exact) mass is 328 g/mol. The maximum atomic E-state index is 12.1. The first-order chi connectivity index (χ1) is 11.8. The molecule has 1 saturated heterocycles. The Bertz CT molecular complexity index is 633. The van der Waals surface area contributed by atoms with Gasteiger partial charge in [0.1, 0.15) is 5.76 Å². The van der Waals surface area contributed by atoms with E-state index in [1.54, 1.807) is 6.07 Å². The number of benzene rings is 1. The third-order valence-corrected chi connectivity index (χ3v) is 4.42. The largest absolute Gasteiger partial charge is 0.381 e. The van der Waals surface area contributed by atoms with Crippen LogP contribution in [0.2, 0.25) is 0 Å². The van der Waals surface area contributed by atoms with Crippen LogP contribution >= 0.6 is 0 Å². The Hall–Kier alpha value is -2.14. The highest BCUT2D eigenvalue weighted by Crippen LogP contribution is 2.14. The van der Waals surface area contributed by atoms with Crippen LogP contribution in [0.3, 0.4) is 0 Å². The molecule has 1 aliphatic rings. The molecule has 1 fully saturated rings. The van der Waals surface area contributed by atoms with Gasteiger partial charge in [-0.2, -0.15) is 0 Å². The minimum Gasteiger partial charge on any atom is -0.381 e. The van der Waals surface area contributed by atoms with Gasteiger partial charge in [-0.1, -0.05) is 35.5 Å². The summed E-state index contributed by atoms with van der Waals surface area (Å²) in [5, 5.41) is 6.84. The molecule has 0 atom stereocenters. The van der Waals surface area contributed by atoms with Crippen molar-refractivity contribution in [3.8, 4) is 0 Å². The molecule has 0 spiro atoms. The summed E-state index contributed by atoms with van der Waals surface area (Å²) in [6.07, 6.45) is 4.76. The topological polar surface area (TPSA) is 64.4 Å². The number of hydrogen-bond donors (Lipinski definition) is 1. The number of ether oxygens (including phenoxy) is 1. The molecule has 0 bridgehead atoms. The van der Waals surface area contributed by atoms with Gasteiger partial charge in [-0.05, 0) is 37.2 Å². The summed E-state index contributed by atoms with van der Waals surface area (Å²) in [6.45, 7) is 2.25. The van der Waals surface area contributed by atoms with Gasteiger partial charge in [-0.25, -0.2) is 0 Å². The highest BCUT2D eigenvalue weighted by Gasteiger charge is 2.17. The van der Waals surface area contributed by atoms with Crippen molar-refractivity contribution in [2.24, 2.45) is 5.92 Å². The highest BCUT2D eigenvalue weighted by molar-refractivity contribution is 5.92. The molecule has 1 aliphatic heterocycles. The molecule has 3 rings (SSSR count). The molecule has 1 N–H and O–H groups in total. The molecule has 0 radical (unpaired) electrons. The minimum atomic E-state index is -0.153. The van der Waals surface area contributed by atoms with Crippen molar-refractivity contribution >= 4 is 5.91 Å². The number of carbonyl (C=O) groups excluding carboxylic acids is 1. The lowest BCUT2D eigenvalue weighted by molar-refractivity contribution is 0.0641. The smallest absolute Gasteiger partial charge is 0.273 e. The lowest BCUT2D eigenvalue weighted by Gasteiger charge is -2.21. The van der Waals surface area contributed by atoms with Crippen LogP contribution in [-0.2, 0) is 17.6 Å². The van der Waals surface area contributed by atoms with Crippen molar-refractivity contribution < 1.29 is 14.1 Å². The number of aryl methyl sites for hydroxylation is 2. The molecule has 1 amide bonds. The number of nitrogens with one attached hydrogen (secondary N) is 1. The number of carbonyl (C=O) groups is 1. The summed E-state index contributed by atoms with van der Waals surface area (Å²) in [4.78, 5) is 12.1. The maximum Gasteiger partial charge on any atom is 0.273 e. The predicted octanol–water partition coefficient (Wildman–Crippen LogP) is 3.01. The summed E-state index contributed by atoms with van der Waals surface area (Å²) < 4.78 is 10.6. The summed E-state index contributed by atoms with van der Waals surface area (Å²) >= 11 is 0. The zero-order valence-electron chi connectivity index (χ0n) is 13.9. The van der Waals surface area contributed by atoms with E-state index in [2.05, 4.69) is 22.6 Å². The van der Waals surface area contributed by atoms with Crippen LogP contribution in [0.1, 0.15) is 41.1 Å². The van der Waals surface area contributed by atoms with E-state index >= 15 is 0 Å². The maximum absolute atomic E-state index is 12.1. The minimum absolute atomic E-state index is 0.153. The van der Waals surface area contributed by atoms with Crippen LogP contribution < -0.4 is 5.32 Å². The van der Waals surface area contributed by atoms with E-state index in [9.17, 15) is 4.79 Å². The normalized spacial score (nSPS) is 15.3. The fourth-order valence-electron chi connectivity index (χ4n) is 2.93. The Morgan fingerprint density at radius 1 is 1.17 bits per heavy atom. The summed E-state index contributed by atoms with van der Waals surface area (Å²) in [7, 11) is 0. The predicted molar refractivity (Wildman–Crippen MR) is 90.8 cm³/mol. The van der Waals surface area contributed by atoms with E-state index in [1.165, 1.54) is 5.56 Å². The Kier molecular flexibility index (Phi) is 6.01. The van der Waals surface area contributed by atoms with Crippen molar-refractivity contribution in [3.05, 3.63) is 53.4 Å². The van der Waals surface area contributed by atoms with Crippen molar-refractivity contribution in [2.75, 3.05) is 19.8 Å². The Morgan fingerprint density at radius 3 is 2.75 bits per heavy atom. The Morgan fingerprint density at radius 2 is 1.96 bits per heavy atom. The molecular formula is C19H24N2O3. The molecule has 0 saturated carbocycles. The second-order valence-electron chi connectivity index (χ2n) is 6.28. The summed E-state index contributed by atoms with van der Waals surface area (Å²) in [5.41, 5.74) is 1.68. The fraction of sp³-hybridized carbons (Fsp3) is 0.474. The first kappa shape index (κ1) is 16.7. The van der Waals surface area contributed by atoms with E-state index < -0.39 is 0 Å². The first-order valence-electron chi connectivity index (χ1n) is 8.67. The van der Waals surface area contributed by atoms with Gasteiger partial charge in [-0.15, -0.1) is 0 Å². The molecule has 2 aromatic rings. The molecule has 128 valence electrons. The summed E-state index contributed by atoms with van der Waals surface area (Å²) in [5.74, 6) is 1.11. The molecule has 0 aliphatic carbocycles. The van der Waals surface area contributed by atoms with Crippen molar-refractivity contribution in [3.63, 3.8) is 0 Å². The molecular weight excluding hydrogens is 304 g/mol. The van der Waals surface area contributed by atoms with Gasteiger partial charge >= 0.3 is 0 Å². The third-order valence-electron chi connectivity index (χ3n) is 4.42. The quantitative estimate of drug-likeness (QED) is 0.848. The van der Waals surface area contributed by atoms with Crippen LogP contribution in [0.5, 0.6) is 0 Å². The van der Waals surface area contributed by atoms with Crippen molar-refractivity contribution in [1.82, 2.24) is 10.5 Å². The van der Waals surface area contributed by atoms with Crippen LogP contribution in [0.4, 0.5) is 0 Å². The Labute approximate surface area is 142 Å². The van der Waals surface area contributed by atoms with Crippen LogP contribution in [0.25, 0.3) is 0 Å². The van der Waals surface area contributed by atoms with Crippen LogP contribution in [-0.4, -0.2) is 30.8 Å². The van der Waals surface area contributed by atoms with Gasteiger partial charge in [0, 0.05) is 32.2 Å². The van der Waals surface area contributed by atoms with E-state index in [0.29, 0.717) is 18.2 Å². The molecule has 1 aromatic carbocycles. The number of nitrogens with zero attached hydrogens (tertiary/aromatic N) is 1. The molecule has 2 heterocycles. The van der Waals surface area contributed by atoms with Gasteiger partial charge < -0.3 is 14.6 Å². The van der Waals surface area contributed by atoms with Gasteiger partial charge in [0.25, 0.3) is 5.91 Å². The van der Waals surface area contributed by atoms with Crippen LogP contribution in [0.15, 0.2) is 40.9 Å². The molecule has 24 heavy (non-hydrogen) atoms. The van der Waals surface area contributed by atoms with E-state index in [1.807, 2.05) is 18.2 Å². The lowest BCUT2D eigenvalue weighted by Crippen LogP contribution is -2.32. The van der Waals surface area contributed by atoms with Gasteiger partial charge in [0.15, 0.2) is 5.69 Å². The molecule has 5 nitrogen and oxygen atoms in total. The third kappa shape index (κ3) is 4.93. The average molecular weight is 328 g/mol. The SMILES string of the molecule is O=C(NCC1CCOCC1)c1cc(CCCc2ccccc2)on1. The second kappa shape index (κ2) is 8.64. The summed E-state index contributed by atoms with van der Waals surface area (Å²) in [6, 6.07) is 12.1. The number of aromatic nitrogens is 1. The number of hydrogen-bond acceptors (Lipinski definition) is 4. The average Bonchev–Trinajstić information content (AvgIpc) is 3.10. The number of amides is 1. The number of rotatable bonds is 7. The van der Waals surface area contributed by atoms with Crippen molar-refractivity contribution in [1.29, 1.82) is 0 Å². The highest BCUT2D eigenvalue weighted by atomic mass is 16.5. The lowest BCUT2D eigenvalue weighted by atomic mass is 10.0. The van der Waals surface area contributed by atoms with Gasteiger partial charge in [-0.3, -0.25) is 4.79 Å². The Balaban J connectivity index is 1.41. The second-order valence-corrected chi connectivity index (χ2v) is 6.28.